The van der Waals surface area contributed by atoms with Crippen LogP contribution in [-0.4, -0.2) is 22.2 Å². The predicted octanol–water partition coefficient (Wildman–Crippen LogP) is 2.07. The number of carbonyl (C=O) groups is 1. The van der Waals surface area contributed by atoms with Crippen LogP contribution in [0.5, 0.6) is 5.75 Å². The second-order valence-corrected chi connectivity index (χ2v) is 4.41. The van der Waals surface area contributed by atoms with E-state index < -0.39 is 17.3 Å². The Kier molecular flexibility index (Phi) is 3.48. The number of aromatic hydroxyl groups is 1. The molecular weight excluding hydrogens is 270 g/mol. The molecule has 0 radical (unpaired) electrons. The van der Waals surface area contributed by atoms with Crippen LogP contribution in [0.2, 0.25) is 5.02 Å². The number of hydrogen-bond acceptors (Lipinski definition) is 4. The maximum absolute atomic E-state index is 11.9. The van der Waals surface area contributed by atoms with Crippen LogP contribution in [0, 0.1) is 0 Å². The highest BCUT2D eigenvalue weighted by molar-refractivity contribution is 6.31. The number of ether oxygens (including phenoxy) is 1. The highest BCUT2D eigenvalue weighted by Gasteiger charge is 2.21. The Morgan fingerprint density at radius 3 is 2.79 bits per heavy atom. The molecule has 1 aromatic heterocycles. The molecule has 0 aliphatic carbocycles. The van der Waals surface area contributed by atoms with E-state index in [1.165, 1.54) is 17.7 Å². The first-order valence-corrected chi connectivity index (χ1v) is 6.03. The van der Waals surface area contributed by atoms with E-state index in [1.54, 1.807) is 19.1 Å². The van der Waals surface area contributed by atoms with Crippen LogP contribution >= 0.6 is 11.6 Å². The molecule has 1 heterocycles. The Morgan fingerprint density at radius 2 is 2.16 bits per heavy atom. The molecule has 19 heavy (non-hydrogen) atoms. The van der Waals surface area contributed by atoms with Gasteiger partial charge < -0.3 is 14.4 Å². The lowest BCUT2D eigenvalue weighted by Gasteiger charge is -2.11. The van der Waals surface area contributed by atoms with Gasteiger partial charge in [0.05, 0.1) is 12.1 Å². The molecule has 5 nitrogen and oxygen atoms in total. The molecule has 6 heteroatoms. The van der Waals surface area contributed by atoms with Crippen LogP contribution < -0.4 is 5.56 Å². The van der Waals surface area contributed by atoms with Crippen LogP contribution in [0.15, 0.2) is 23.0 Å². The molecule has 0 unspecified atom stereocenters. The molecule has 0 aliphatic heterocycles. The molecule has 0 spiro atoms. The predicted molar refractivity (Wildman–Crippen MR) is 71.8 cm³/mol. The summed E-state index contributed by atoms with van der Waals surface area (Å²) in [7, 11) is 1.51. The van der Waals surface area contributed by atoms with Gasteiger partial charge in [0.15, 0.2) is 5.75 Å². The first-order chi connectivity index (χ1) is 8.97. The lowest BCUT2D eigenvalue weighted by molar-refractivity contribution is 0.0525. The number of nitrogens with zero attached hydrogens (tertiary/aromatic N) is 1. The number of benzene rings is 1. The first kappa shape index (κ1) is 13.4. The summed E-state index contributed by atoms with van der Waals surface area (Å²) in [5.41, 5.74) is -0.310. The molecule has 2 aromatic rings. The third kappa shape index (κ3) is 2.17. The summed E-state index contributed by atoms with van der Waals surface area (Å²) < 4.78 is 6.12. The summed E-state index contributed by atoms with van der Waals surface area (Å²) in [4.78, 5) is 23.8. The average Bonchev–Trinajstić information content (AvgIpc) is 2.36. The van der Waals surface area contributed by atoms with E-state index in [2.05, 4.69) is 0 Å². The van der Waals surface area contributed by atoms with Gasteiger partial charge in [-0.1, -0.05) is 11.6 Å². The summed E-state index contributed by atoms with van der Waals surface area (Å²) >= 11 is 5.90. The second-order valence-electron chi connectivity index (χ2n) is 3.97. The smallest absolute Gasteiger partial charge is 0.342 e. The van der Waals surface area contributed by atoms with Crippen molar-refractivity contribution in [2.45, 2.75) is 6.92 Å². The largest absolute Gasteiger partial charge is 0.502 e. The van der Waals surface area contributed by atoms with E-state index >= 15 is 0 Å². The molecule has 0 aliphatic rings. The number of fused-ring (bicyclic) bond motifs is 1. The molecule has 100 valence electrons. The summed E-state index contributed by atoms with van der Waals surface area (Å²) in [6.45, 7) is 1.79. The lowest BCUT2D eigenvalue weighted by Crippen LogP contribution is -2.20. The zero-order chi connectivity index (χ0) is 14.2. The number of aromatic nitrogens is 1. The highest BCUT2D eigenvalue weighted by atomic mass is 35.5. The monoisotopic (exact) mass is 281 g/mol. The van der Waals surface area contributed by atoms with Gasteiger partial charge in [-0.15, -0.1) is 0 Å². The summed E-state index contributed by atoms with van der Waals surface area (Å²) in [5.74, 6) is -1.37. The normalized spacial score (nSPS) is 10.7. The van der Waals surface area contributed by atoms with E-state index in [-0.39, 0.29) is 12.2 Å². The molecule has 0 bridgehead atoms. The van der Waals surface area contributed by atoms with Crippen LogP contribution in [-0.2, 0) is 11.8 Å². The topological polar surface area (TPSA) is 68.5 Å². The SMILES string of the molecule is CCOC(=O)c1c(O)c(=O)n(C)c2ccc(Cl)cc12. The molecule has 0 atom stereocenters. The molecule has 1 N–H and O–H groups in total. The standard InChI is InChI=1S/C13H12ClNO4/c1-3-19-13(18)10-8-6-7(14)4-5-9(8)15(2)12(17)11(10)16/h4-6,16H,3H2,1-2H3. The zero-order valence-electron chi connectivity index (χ0n) is 10.4. The summed E-state index contributed by atoms with van der Waals surface area (Å²) in [6.07, 6.45) is 0. The van der Waals surface area contributed by atoms with E-state index in [9.17, 15) is 14.7 Å². The van der Waals surface area contributed by atoms with Crippen molar-refractivity contribution in [3.8, 4) is 5.75 Å². The van der Waals surface area contributed by atoms with Gasteiger partial charge in [-0.05, 0) is 25.1 Å². The fourth-order valence-electron chi connectivity index (χ4n) is 1.91. The van der Waals surface area contributed by atoms with Crippen LogP contribution in [0.1, 0.15) is 17.3 Å². The number of pyridine rings is 1. The fraction of sp³-hybridized carbons (Fsp3) is 0.231. The van der Waals surface area contributed by atoms with Crippen molar-refractivity contribution in [3.63, 3.8) is 0 Å². The van der Waals surface area contributed by atoms with Crippen LogP contribution in [0.25, 0.3) is 10.9 Å². The van der Waals surface area contributed by atoms with E-state index in [0.29, 0.717) is 15.9 Å². The van der Waals surface area contributed by atoms with Crippen molar-refractivity contribution in [1.29, 1.82) is 0 Å². The molecule has 0 fully saturated rings. The first-order valence-electron chi connectivity index (χ1n) is 5.65. The minimum atomic E-state index is -0.745. The van der Waals surface area contributed by atoms with Crippen molar-refractivity contribution >= 4 is 28.5 Å². The Balaban J connectivity index is 2.91. The number of aryl methyl sites for hydroxylation is 1. The van der Waals surface area contributed by atoms with Gasteiger partial charge >= 0.3 is 5.97 Å². The Morgan fingerprint density at radius 1 is 1.47 bits per heavy atom. The molecule has 0 saturated heterocycles. The molecule has 2 rings (SSSR count). The van der Waals surface area contributed by atoms with Gasteiger partial charge in [0.25, 0.3) is 5.56 Å². The second kappa shape index (κ2) is 4.93. The van der Waals surface area contributed by atoms with Crippen LogP contribution in [0.3, 0.4) is 0 Å². The Hall–Kier alpha value is -2.01. The number of carbonyl (C=O) groups excluding carboxylic acids is 1. The Labute approximate surface area is 114 Å². The number of rotatable bonds is 2. The van der Waals surface area contributed by atoms with Gasteiger partial charge in [-0.2, -0.15) is 0 Å². The summed E-state index contributed by atoms with van der Waals surface area (Å²) in [5, 5.41) is 10.7. The van der Waals surface area contributed by atoms with Gasteiger partial charge in [0, 0.05) is 17.5 Å². The molecule has 0 saturated carbocycles. The third-order valence-corrected chi connectivity index (χ3v) is 3.05. The average molecular weight is 282 g/mol. The minimum Gasteiger partial charge on any atom is -0.502 e. The summed E-state index contributed by atoms with van der Waals surface area (Å²) in [6, 6.07) is 4.73. The van der Waals surface area contributed by atoms with E-state index in [0.717, 1.165) is 0 Å². The molecular formula is C13H12ClNO4. The van der Waals surface area contributed by atoms with Gasteiger partial charge in [-0.25, -0.2) is 4.79 Å². The fourth-order valence-corrected chi connectivity index (χ4v) is 2.09. The number of esters is 1. The van der Waals surface area contributed by atoms with E-state index in [4.69, 9.17) is 16.3 Å². The maximum atomic E-state index is 11.9. The minimum absolute atomic E-state index is 0.148. The van der Waals surface area contributed by atoms with Crippen molar-refractivity contribution in [2.75, 3.05) is 6.61 Å². The van der Waals surface area contributed by atoms with Crippen molar-refractivity contribution < 1.29 is 14.6 Å². The number of hydrogen-bond donors (Lipinski definition) is 1. The molecule has 0 amide bonds. The van der Waals surface area contributed by atoms with Gasteiger partial charge in [-0.3, -0.25) is 4.79 Å². The highest BCUT2D eigenvalue weighted by Crippen LogP contribution is 2.27. The zero-order valence-corrected chi connectivity index (χ0v) is 11.2. The van der Waals surface area contributed by atoms with Crippen LogP contribution in [0.4, 0.5) is 0 Å². The number of halogens is 1. The van der Waals surface area contributed by atoms with E-state index in [1.807, 2.05) is 0 Å². The van der Waals surface area contributed by atoms with Gasteiger partial charge in [0.2, 0.25) is 0 Å². The van der Waals surface area contributed by atoms with Crippen molar-refractivity contribution in [1.82, 2.24) is 4.57 Å². The van der Waals surface area contributed by atoms with Crippen molar-refractivity contribution in [3.05, 3.63) is 39.1 Å². The maximum Gasteiger partial charge on any atom is 0.342 e. The molecule has 1 aromatic carbocycles. The van der Waals surface area contributed by atoms with Gasteiger partial charge in [0.1, 0.15) is 5.56 Å². The Bertz CT molecular complexity index is 721. The lowest BCUT2D eigenvalue weighted by atomic mass is 10.1. The third-order valence-electron chi connectivity index (χ3n) is 2.81. The quantitative estimate of drug-likeness (QED) is 0.856. The van der Waals surface area contributed by atoms with Crippen molar-refractivity contribution in [2.24, 2.45) is 7.05 Å².